The molecule has 0 aliphatic carbocycles. The largest absolute Gasteiger partial charge is 0.340 e. The highest BCUT2D eigenvalue weighted by Crippen LogP contribution is 2.22. The molecule has 1 saturated heterocycles. The average Bonchev–Trinajstić information content (AvgIpc) is 3.00. The average molecular weight is 368 g/mol. The van der Waals surface area contributed by atoms with Crippen molar-refractivity contribution in [3.63, 3.8) is 0 Å². The number of anilines is 2. The first-order valence-corrected chi connectivity index (χ1v) is 8.38. The van der Waals surface area contributed by atoms with Gasteiger partial charge in [-0.2, -0.15) is 5.10 Å². The number of halogens is 1. The molecule has 2 amide bonds. The molecule has 7 nitrogen and oxygen atoms in total. The Morgan fingerprint density at radius 3 is 2.92 bits per heavy atom. The van der Waals surface area contributed by atoms with Crippen LogP contribution in [0.3, 0.4) is 0 Å². The zero-order valence-corrected chi connectivity index (χ0v) is 14.3. The fraction of sp³-hybridized carbons (Fsp3) is 0.111. The summed E-state index contributed by atoms with van der Waals surface area (Å²) < 4.78 is 1.63. The van der Waals surface area contributed by atoms with Crippen molar-refractivity contribution in [2.75, 3.05) is 5.32 Å². The number of imide groups is 1. The van der Waals surface area contributed by atoms with E-state index in [1.807, 2.05) is 12.1 Å². The van der Waals surface area contributed by atoms with E-state index >= 15 is 0 Å². The van der Waals surface area contributed by atoms with E-state index in [4.69, 9.17) is 11.6 Å². The van der Waals surface area contributed by atoms with Crippen molar-refractivity contribution in [2.45, 2.75) is 12.8 Å². The predicted octanol–water partition coefficient (Wildman–Crippen LogP) is 2.95. The number of rotatable bonds is 3. The molecule has 0 saturated carbocycles. The minimum absolute atomic E-state index is 0.252. The van der Waals surface area contributed by atoms with E-state index < -0.39 is 0 Å². The predicted molar refractivity (Wildman–Crippen MR) is 98.1 cm³/mol. The van der Waals surface area contributed by atoms with E-state index in [1.54, 1.807) is 41.2 Å². The van der Waals surface area contributed by atoms with Gasteiger partial charge in [0.1, 0.15) is 5.82 Å². The highest BCUT2D eigenvalue weighted by Gasteiger charge is 2.20. The minimum atomic E-state index is -0.367. The molecule has 1 fully saturated rings. The maximum absolute atomic E-state index is 11.9. The molecule has 1 aliphatic rings. The molecule has 1 aromatic carbocycles. The van der Waals surface area contributed by atoms with Gasteiger partial charge in [0.05, 0.1) is 6.20 Å². The Bertz CT molecular complexity index is 1060. The zero-order valence-electron chi connectivity index (χ0n) is 13.6. The molecule has 3 heterocycles. The SMILES string of the molecule is O=C1CC/C(=C/c2cnn3ccc(Nc4cccc(Cl)c4)nc23)C(=O)N1. The molecule has 2 aromatic heterocycles. The summed E-state index contributed by atoms with van der Waals surface area (Å²) in [4.78, 5) is 27.8. The maximum Gasteiger partial charge on any atom is 0.253 e. The van der Waals surface area contributed by atoms with E-state index in [9.17, 15) is 9.59 Å². The van der Waals surface area contributed by atoms with Crippen molar-refractivity contribution < 1.29 is 9.59 Å². The van der Waals surface area contributed by atoms with E-state index in [0.717, 1.165) is 5.69 Å². The van der Waals surface area contributed by atoms with Gasteiger partial charge in [0, 0.05) is 34.5 Å². The molecular formula is C18H14ClN5O2. The first-order chi connectivity index (χ1) is 12.6. The molecule has 3 aromatic rings. The highest BCUT2D eigenvalue weighted by atomic mass is 35.5. The summed E-state index contributed by atoms with van der Waals surface area (Å²) in [5.74, 6) is 0.00939. The van der Waals surface area contributed by atoms with Gasteiger partial charge in [0.2, 0.25) is 5.91 Å². The number of piperidine rings is 1. The second kappa shape index (κ2) is 6.61. The topological polar surface area (TPSA) is 88.4 Å². The van der Waals surface area contributed by atoms with Crippen molar-refractivity contribution in [1.82, 2.24) is 19.9 Å². The van der Waals surface area contributed by atoms with Gasteiger partial charge >= 0.3 is 0 Å². The lowest BCUT2D eigenvalue weighted by atomic mass is 10.0. The molecule has 0 unspecified atom stereocenters. The first-order valence-electron chi connectivity index (χ1n) is 8.00. The standard InChI is InChI=1S/C18H14ClN5O2/c19-13-2-1-3-14(9-13)21-15-6-7-24-17(22-15)12(10-20-24)8-11-4-5-16(25)23-18(11)26/h1-3,6-10H,4-5H2,(H,21,22)(H,23,25,26)/b11-8-. The zero-order chi connectivity index (χ0) is 18.1. The number of amides is 2. The monoisotopic (exact) mass is 367 g/mol. The lowest BCUT2D eigenvalue weighted by Gasteiger charge is -2.13. The van der Waals surface area contributed by atoms with Gasteiger partial charge in [-0.15, -0.1) is 0 Å². The second-order valence-electron chi connectivity index (χ2n) is 5.86. The Labute approximate surface area is 153 Å². The summed E-state index contributed by atoms with van der Waals surface area (Å²) >= 11 is 6.00. The van der Waals surface area contributed by atoms with Gasteiger partial charge in [0.25, 0.3) is 5.91 Å². The Morgan fingerprint density at radius 2 is 2.12 bits per heavy atom. The third-order valence-corrected chi connectivity index (χ3v) is 4.22. The number of nitrogens with zero attached hydrogens (tertiary/aromatic N) is 3. The number of carbonyl (C=O) groups is 2. The Hall–Kier alpha value is -3.19. The van der Waals surface area contributed by atoms with Crippen LogP contribution in [0.4, 0.5) is 11.5 Å². The summed E-state index contributed by atoms with van der Waals surface area (Å²) in [6.07, 6.45) is 5.85. The number of benzene rings is 1. The second-order valence-corrected chi connectivity index (χ2v) is 6.30. The van der Waals surface area contributed by atoms with Crippen LogP contribution in [0.25, 0.3) is 11.7 Å². The van der Waals surface area contributed by atoms with Crippen LogP contribution in [0.2, 0.25) is 5.02 Å². The summed E-state index contributed by atoms with van der Waals surface area (Å²) in [5.41, 5.74) is 2.67. The van der Waals surface area contributed by atoms with Crippen LogP contribution < -0.4 is 10.6 Å². The van der Waals surface area contributed by atoms with Crippen LogP contribution in [0.5, 0.6) is 0 Å². The lowest BCUT2D eigenvalue weighted by Crippen LogP contribution is -2.35. The van der Waals surface area contributed by atoms with Gasteiger partial charge in [-0.25, -0.2) is 9.50 Å². The molecule has 0 spiro atoms. The number of aromatic nitrogens is 3. The molecule has 0 radical (unpaired) electrons. The van der Waals surface area contributed by atoms with Gasteiger partial charge in [-0.05, 0) is 36.8 Å². The Kier molecular flexibility index (Phi) is 4.14. The normalized spacial score (nSPS) is 16.1. The van der Waals surface area contributed by atoms with Gasteiger partial charge in [-0.1, -0.05) is 17.7 Å². The molecule has 2 N–H and O–H groups in total. The first kappa shape index (κ1) is 16.3. The number of hydrogen-bond donors (Lipinski definition) is 2. The summed E-state index contributed by atoms with van der Waals surface area (Å²) in [6, 6.07) is 9.13. The molecule has 0 atom stereocenters. The summed E-state index contributed by atoms with van der Waals surface area (Å²) in [7, 11) is 0. The fourth-order valence-corrected chi connectivity index (χ4v) is 2.92. The van der Waals surface area contributed by atoms with Crippen molar-refractivity contribution >= 4 is 46.6 Å². The van der Waals surface area contributed by atoms with Crippen molar-refractivity contribution in [3.05, 3.63) is 58.9 Å². The van der Waals surface area contributed by atoms with Crippen molar-refractivity contribution in [1.29, 1.82) is 0 Å². The van der Waals surface area contributed by atoms with Crippen LogP contribution >= 0.6 is 11.6 Å². The summed E-state index contributed by atoms with van der Waals surface area (Å²) in [5, 5.41) is 10.4. The Morgan fingerprint density at radius 1 is 1.23 bits per heavy atom. The third kappa shape index (κ3) is 3.29. The lowest BCUT2D eigenvalue weighted by molar-refractivity contribution is -0.130. The quantitative estimate of drug-likeness (QED) is 0.549. The number of hydrogen-bond acceptors (Lipinski definition) is 5. The van der Waals surface area contributed by atoms with Crippen LogP contribution in [-0.4, -0.2) is 26.4 Å². The van der Waals surface area contributed by atoms with E-state index in [1.165, 1.54) is 0 Å². The van der Waals surface area contributed by atoms with Crippen LogP contribution in [0.1, 0.15) is 18.4 Å². The highest BCUT2D eigenvalue weighted by molar-refractivity contribution is 6.30. The third-order valence-electron chi connectivity index (χ3n) is 3.99. The van der Waals surface area contributed by atoms with E-state index in [2.05, 4.69) is 20.7 Å². The number of fused-ring (bicyclic) bond motifs is 1. The van der Waals surface area contributed by atoms with Crippen molar-refractivity contribution in [3.8, 4) is 0 Å². The van der Waals surface area contributed by atoms with Gasteiger partial charge < -0.3 is 5.32 Å². The van der Waals surface area contributed by atoms with Crippen LogP contribution in [-0.2, 0) is 9.59 Å². The molecule has 8 heteroatoms. The van der Waals surface area contributed by atoms with Crippen LogP contribution in [0, 0.1) is 0 Å². The summed E-state index contributed by atoms with van der Waals surface area (Å²) in [6.45, 7) is 0. The maximum atomic E-state index is 11.9. The van der Waals surface area contributed by atoms with E-state index in [-0.39, 0.29) is 11.8 Å². The molecule has 4 rings (SSSR count). The molecule has 0 bridgehead atoms. The van der Waals surface area contributed by atoms with Gasteiger partial charge in [0.15, 0.2) is 5.65 Å². The Balaban J connectivity index is 1.66. The van der Waals surface area contributed by atoms with Crippen LogP contribution in [0.15, 0.2) is 48.3 Å². The molecule has 130 valence electrons. The number of carbonyl (C=O) groups excluding carboxylic acids is 2. The molecular weight excluding hydrogens is 354 g/mol. The van der Waals surface area contributed by atoms with E-state index in [0.29, 0.717) is 40.5 Å². The number of nitrogens with one attached hydrogen (secondary N) is 2. The fourth-order valence-electron chi connectivity index (χ4n) is 2.73. The van der Waals surface area contributed by atoms with Crippen molar-refractivity contribution in [2.24, 2.45) is 0 Å². The smallest absolute Gasteiger partial charge is 0.253 e. The molecule has 26 heavy (non-hydrogen) atoms. The molecule has 1 aliphatic heterocycles. The minimum Gasteiger partial charge on any atom is -0.340 e. The van der Waals surface area contributed by atoms with Gasteiger partial charge in [-0.3, -0.25) is 14.9 Å².